The number of benzene rings is 3. The first-order valence-electron chi connectivity index (χ1n) is 9.50. The Labute approximate surface area is 171 Å². The average molecular weight is 384 g/mol. The minimum Gasteiger partial charge on any atom is -0.347 e. The number of carbonyl (C=O) groups excluding carboxylic acids is 2. The summed E-state index contributed by atoms with van der Waals surface area (Å²) in [5, 5.41) is 5.64. The molecule has 0 aliphatic carbocycles. The lowest BCUT2D eigenvalue weighted by Crippen LogP contribution is -2.34. The first-order valence-corrected chi connectivity index (χ1v) is 9.50. The summed E-state index contributed by atoms with van der Waals surface area (Å²) in [7, 11) is 0. The summed E-state index contributed by atoms with van der Waals surface area (Å²) in [4.78, 5) is 25.5. The smallest absolute Gasteiger partial charge is 0.268 e. The Balaban J connectivity index is 1.80. The van der Waals surface area contributed by atoms with Gasteiger partial charge in [-0.25, -0.2) is 0 Å². The molecule has 2 amide bonds. The van der Waals surface area contributed by atoms with Gasteiger partial charge in [0.15, 0.2) is 0 Å². The normalized spacial score (nSPS) is 11.0. The number of hydrogen-bond donors (Lipinski definition) is 2. The van der Waals surface area contributed by atoms with E-state index in [9.17, 15) is 9.59 Å². The van der Waals surface area contributed by atoms with Gasteiger partial charge >= 0.3 is 0 Å². The molecule has 146 valence electrons. The lowest BCUT2D eigenvalue weighted by Gasteiger charge is -2.12. The maximum absolute atomic E-state index is 12.8. The molecule has 0 saturated heterocycles. The van der Waals surface area contributed by atoms with E-state index < -0.39 is 0 Å². The van der Waals surface area contributed by atoms with E-state index in [2.05, 4.69) is 10.6 Å². The van der Waals surface area contributed by atoms with Crippen molar-refractivity contribution in [3.8, 4) is 0 Å². The van der Waals surface area contributed by atoms with Gasteiger partial charge in [0.2, 0.25) is 0 Å². The second kappa shape index (κ2) is 9.51. The van der Waals surface area contributed by atoms with Crippen LogP contribution in [-0.4, -0.2) is 11.8 Å². The summed E-state index contributed by atoms with van der Waals surface area (Å²) in [5.41, 5.74) is 4.72. The van der Waals surface area contributed by atoms with E-state index >= 15 is 0 Å². The Morgan fingerprint density at radius 3 is 2.00 bits per heavy atom. The molecule has 0 atom stereocenters. The predicted molar refractivity (Wildman–Crippen MR) is 116 cm³/mol. The van der Waals surface area contributed by atoms with Gasteiger partial charge in [-0.1, -0.05) is 77.9 Å². The molecule has 0 heterocycles. The van der Waals surface area contributed by atoms with Crippen LogP contribution in [0.4, 0.5) is 0 Å². The Morgan fingerprint density at radius 1 is 0.793 bits per heavy atom. The average Bonchev–Trinajstić information content (AvgIpc) is 2.74. The standard InChI is InChI=1S/C25H24N2O2/c1-18-8-12-20(13-9-18)16-23(25(29)26-17-21-6-4-3-5-7-21)27-24(28)22-14-10-19(2)11-15-22/h3-16H,17H2,1-2H3,(H,26,29)(H,27,28). The van der Waals surface area contributed by atoms with Crippen molar-refractivity contribution in [2.45, 2.75) is 20.4 Å². The molecule has 0 aliphatic rings. The van der Waals surface area contributed by atoms with Gasteiger partial charge in [-0.05, 0) is 43.2 Å². The fraction of sp³-hybridized carbons (Fsp3) is 0.120. The van der Waals surface area contributed by atoms with Crippen LogP contribution in [0.25, 0.3) is 6.08 Å². The number of hydrogen-bond acceptors (Lipinski definition) is 2. The van der Waals surface area contributed by atoms with E-state index in [1.807, 2.05) is 80.6 Å². The Morgan fingerprint density at radius 2 is 1.38 bits per heavy atom. The summed E-state index contributed by atoms with van der Waals surface area (Å²) in [5.74, 6) is -0.659. The summed E-state index contributed by atoms with van der Waals surface area (Å²) in [6.07, 6.45) is 1.69. The molecule has 3 rings (SSSR count). The molecule has 0 bridgehead atoms. The fourth-order valence-corrected chi connectivity index (χ4v) is 2.76. The quantitative estimate of drug-likeness (QED) is 0.619. The molecule has 4 heteroatoms. The van der Waals surface area contributed by atoms with Gasteiger partial charge in [-0.15, -0.1) is 0 Å². The van der Waals surface area contributed by atoms with E-state index in [0.717, 1.165) is 22.3 Å². The topological polar surface area (TPSA) is 58.2 Å². The van der Waals surface area contributed by atoms with Crippen LogP contribution >= 0.6 is 0 Å². The predicted octanol–water partition coefficient (Wildman–Crippen LogP) is 4.39. The molecule has 4 nitrogen and oxygen atoms in total. The van der Waals surface area contributed by atoms with Crippen LogP contribution in [0.1, 0.15) is 32.6 Å². The van der Waals surface area contributed by atoms with Crippen molar-refractivity contribution in [2.24, 2.45) is 0 Å². The summed E-state index contributed by atoms with van der Waals surface area (Å²) >= 11 is 0. The van der Waals surface area contributed by atoms with Crippen LogP contribution in [0.2, 0.25) is 0 Å². The summed E-state index contributed by atoms with van der Waals surface area (Å²) in [6, 6.07) is 24.6. The van der Waals surface area contributed by atoms with E-state index in [4.69, 9.17) is 0 Å². The van der Waals surface area contributed by atoms with Crippen LogP contribution in [0.3, 0.4) is 0 Å². The second-order valence-corrected chi connectivity index (χ2v) is 6.96. The van der Waals surface area contributed by atoms with Crippen molar-refractivity contribution >= 4 is 17.9 Å². The molecule has 0 radical (unpaired) electrons. The highest BCUT2D eigenvalue weighted by molar-refractivity contribution is 6.05. The van der Waals surface area contributed by atoms with Crippen molar-refractivity contribution in [2.75, 3.05) is 0 Å². The van der Waals surface area contributed by atoms with Crippen molar-refractivity contribution in [1.29, 1.82) is 0 Å². The zero-order valence-corrected chi connectivity index (χ0v) is 16.6. The third-order valence-electron chi connectivity index (χ3n) is 4.49. The van der Waals surface area contributed by atoms with Gasteiger partial charge < -0.3 is 10.6 Å². The highest BCUT2D eigenvalue weighted by Crippen LogP contribution is 2.10. The first-order chi connectivity index (χ1) is 14.0. The van der Waals surface area contributed by atoms with Crippen molar-refractivity contribution < 1.29 is 9.59 Å². The highest BCUT2D eigenvalue weighted by Gasteiger charge is 2.14. The van der Waals surface area contributed by atoms with Crippen LogP contribution in [-0.2, 0) is 11.3 Å². The molecule has 0 saturated carbocycles. The molecule has 0 aliphatic heterocycles. The molecule has 0 fully saturated rings. The fourth-order valence-electron chi connectivity index (χ4n) is 2.76. The molecule has 29 heavy (non-hydrogen) atoms. The third kappa shape index (κ3) is 5.91. The van der Waals surface area contributed by atoms with Gasteiger partial charge in [-0.3, -0.25) is 9.59 Å². The molecule has 0 spiro atoms. The molecule has 2 N–H and O–H groups in total. The van der Waals surface area contributed by atoms with Crippen molar-refractivity contribution in [1.82, 2.24) is 10.6 Å². The van der Waals surface area contributed by atoms with E-state index in [1.54, 1.807) is 18.2 Å². The Hall–Kier alpha value is -3.66. The summed E-state index contributed by atoms with van der Waals surface area (Å²) in [6.45, 7) is 4.34. The third-order valence-corrected chi connectivity index (χ3v) is 4.49. The molecular weight excluding hydrogens is 360 g/mol. The molecule has 0 aromatic heterocycles. The van der Waals surface area contributed by atoms with Gasteiger partial charge in [0.1, 0.15) is 5.70 Å². The van der Waals surface area contributed by atoms with Gasteiger partial charge in [0.25, 0.3) is 11.8 Å². The highest BCUT2D eigenvalue weighted by atomic mass is 16.2. The number of nitrogens with one attached hydrogen (secondary N) is 2. The van der Waals surface area contributed by atoms with Gasteiger partial charge in [-0.2, -0.15) is 0 Å². The monoisotopic (exact) mass is 384 g/mol. The molecule has 3 aromatic rings. The molecule has 3 aromatic carbocycles. The maximum atomic E-state index is 12.8. The zero-order chi connectivity index (χ0) is 20.6. The van der Waals surface area contributed by atoms with E-state index in [1.165, 1.54) is 0 Å². The first kappa shape index (κ1) is 20.1. The Bertz CT molecular complexity index is 1000. The number of carbonyl (C=O) groups is 2. The van der Waals surface area contributed by atoms with Gasteiger partial charge in [0.05, 0.1) is 0 Å². The van der Waals surface area contributed by atoms with Gasteiger partial charge in [0, 0.05) is 12.1 Å². The molecule has 0 unspecified atom stereocenters. The van der Waals surface area contributed by atoms with Crippen LogP contribution in [0.15, 0.2) is 84.6 Å². The number of amides is 2. The van der Waals surface area contributed by atoms with Crippen molar-refractivity contribution in [3.05, 3.63) is 112 Å². The largest absolute Gasteiger partial charge is 0.347 e. The van der Waals surface area contributed by atoms with E-state index in [-0.39, 0.29) is 17.5 Å². The van der Waals surface area contributed by atoms with E-state index in [0.29, 0.717) is 12.1 Å². The SMILES string of the molecule is Cc1ccc(C=C(NC(=O)c2ccc(C)cc2)C(=O)NCc2ccccc2)cc1. The van der Waals surface area contributed by atoms with Crippen LogP contribution in [0.5, 0.6) is 0 Å². The lowest BCUT2D eigenvalue weighted by molar-refractivity contribution is -0.117. The number of aryl methyl sites for hydroxylation is 2. The summed E-state index contributed by atoms with van der Waals surface area (Å²) < 4.78 is 0. The van der Waals surface area contributed by atoms with Crippen LogP contribution in [0, 0.1) is 13.8 Å². The van der Waals surface area contributed by atoms with Crippen LogP contribution < -0.4 is 10.6 Å². The zero-order valence-electron chi connectivity index (χ0n) is 16.6. The van der Waals surface area contributed by atoms with Crippen molar-refractivity contribution in [3.63, 3.8) is 0 Å². The number of rotatable bonds is 6. The minimum atomic E-state index is -0.338. The minimum absolute atomic E-state index is 0.204. The lowest BCUT2D eigenvalue weighted by atomic mass is 10.1. The molecular formula is C25H24N2O2. The second-order valence-electron chi connectivity index (χ2n) is 6.96. The Kier molecular flexibility index (Phi) is 6.59. The maximum Gasteiger partial charge on any atom is 0.268 e.